The average Bonchev–Trinajstić information content (AvgIpc) is 3.88. The number of nitrogens with zero attached hydrogens (tertiary/aromatic N) is 5. The van der Waals surface area contributed by atoms with Gasteiger partial charge >= 0.3 is 11.8 Å². The smallest absolute Gasteiger partial charge is 0.410 e. The van der Waals surface area contributed by atoms with Crippen molar-refractivity contribution in [3.05, 3.63) is 105 Å². The monoisotopic (exact) mass is 898 g/mol. The number of carbonyl (C=O) groups is 4. The minimum absolute atomic E-state index is 0.0689. The number of imidazole rings is 1. The number of carbonyl (C=O) groups excluding carboxylic acids is 4. The quantitative estimate of drug-likeness (QED) is 0.0965. The molecule has 4 amide bonds. The molecule has 3 aliphatic rings. The number of imide groups is 1. The van der Waals surface area contributed by atoms with E-state index in [1.54, 1.807) is 27.9 Å². The second kappa shape index (κ2) is 18.6. The van der Waals surface area contributed by atoms with Crippen LogP contribution in [0.15, 0.2) is 76.9 Å². The third-order valence-electron chi connectivity index (χ3n) is 12.5. The summed E-state index contributed by atoms with van der Waals surface area (Å²) in [5.41, 5.74) is 6.80. The van der Waals surface area contributed by atoms with Crippen LogP contribution in [-0.2, 0) is 21.4 Å². The van der Waals surface area contributed by atoms with Crippen LogP contribution in [0.3, 0.4) is 0 Å². The Morgan fingerprint density at radius 1 is 0.985 bits per heavy atom. The minimum Gasteiger partial charge on any atom is -0.444 e. The Morgan fingerprint density at radius 3 is 2.45 bits per heavy atom. The van der Waals surface area contributed by atoms with E-state index >= 15 is 0 Å². The van der Waals surface area contributed by atoms with Gasteiger partial charge in [0.05, 0.1) is 28.8 Å². The van der Waals surface area contributed by atoms with Crippen molar-refractivity contribution in [1.29, 1.82) is 0 Å². The summed E-state index contributed by atoms with van der Waals surface area (Å²) in [5.74, 6) is 6.44. The molecule has 15 heteroatoms. The van der Waals surface area contributed by atoms with E-state index in [2.05, 4.69) is 74.4 Å². The summed E-state index contributed by atoms with van der Waals surface area (Å²) in [5, 5.41) is 15.7. The van der Waals surface area contributed by atoms with Gasteiger partial charge in [0.25, 0.3) is 5.91 Å². The van der Waals surface area contributed by atoms with Crippen LogP contribution < -0.4 is 26.6 Å². The van der Waals surface area contributed by atoms with Crippen molar-refractivity contribution >= 4 is 57.6 Å². The molecule has 0 aliphatic carbocycles. The first kappa shape index (κ1) is 45.2. The Balaban J connectivity index is 0.908. The van der Waals surface area contributed by atoms with Crippen LogP contribution in [0, 0.1) is 24.7 Å². The molecule has 14 nitrogen and oxygen atoms in total. The minimum atomic E-state index is -0.726. The molecule has 3 fully saturated rings. The molecule has 0 spiro atoms. The van der Waals surface area contributed by atoms with Gasteiger partial charge in [-0.2, -0.15) is 0 Å². The highest BCUT2D eigenvalue weighted by molar-refractivity contribution is 7.13. The third-order valence-corrected chi connectivity index (χ3v) is 13.4. The molecular weight excluding hydrogens is 841 g/mol. The lowest BCUT2D eigenvalue weighted by Crippen LogP contribution is -2.57. The number of nitrogens with one attached hydrogen (secondary N) is 3. The number of ether oxygens (including phenoxy) is 1. The first-order chi connectivity index (χ1) is 31.1. The normalized spacial score (nSPS) is 17.8. The summed E-state index contributed by atoms with van der Waals surface area (Å²) < 4.78 is 8.57. The molecule has 5 aromatic rings. The van der Waals surface area contributed by atoms with Gasteiger partial charge in [0.1, 0.15) is 11.6 Å². The number of aryl methyl sites for hydroxylation is 2. The number of rotatable bonds is 10. The van der Waals surface area contributed by atoms with Gasteiger partial charge < -0.3 is 25.3 Å². The number of likely N-dealkylation sites (tertiary alicyclic amines) is 1. The van der Waals surface area contributed by atoms with E-state index < -0.39 is 17.6 Å². The number of hydrogen-bond acceptors (Lipinski definition) is 10. The zero-order valence-corrected chi connectivity index (χ0v) is 39.0. The first-order valence-electron chi connectivity index (χ1n) is 22.5. The van der Waals surface area contributed by atoms with Crippen molar-refractivity contribution in [2.75, 3.05) is 43.0 Å². The van der Waals surface area contributed by atoms with E-state index in [1.165, 1.54) is 4.57 Å². The molecule has 8 rings (SSSR count). The molecule has 0 bridgehead atoms. The second-order valence-electron chi connectivity index (χ2n) is 18.3. The van der Waals surface area contributed by atoms with E-state index in [1.807, 2.05) is 77.1 Å². The number of anilines is 2. The first-order valence-corrected chi connectivity index (χ1v) is 23.4. The van der Waals surface area contributed by atoms with Gasteiger partial charge in [0.15, 0.2) is 0 Å². The summed E-state index contributed by atoms with van der Waals surface area (Å²) in [7, 11) is 1.72. The number of fused-ring (bicyclic) bond motifs is 1. The molecule has 0 radical (unpaired) electrons. The van der Waals surface area contributed by atoms with E-state index in [-0.39, 0.29) is 48.0 Å². The Morgan fingerprint density at radius 2 is 1.75 bits per heavy atom. The highest BCUT2D eigenvalue weighted by Gasteiger charge is 2.34. The lowest BCUT2D eigenvalue weighted by atomic mass is 9.95. The van der Waals surface area contributed by atoms with Crippen LogP contribution in [0.5, 0.6) is 0 Å². The summed E-state index contributed by atoms with van der Waals surface area (Å²) in [6, 6.07) is 21.2. The van der Waals surface area contributed by atoms with Crippen molar-refractivity contribution in [2.45, 2.75) is 91.0 Å². The standard InChI is InChI=1S/C50H58N8O6S/c1-8-57(38-17-18-41-43(28-38)54(7)48(62)58(41)42-19-20-45(59)53-47(42)61)56-23-21-33(22-24-56)12-13-34-14-15-35(26-40(34)44-10-9-25-65-44)32(3)51-46(60)39-27-36(16-11-31(39)2)52-37-29-55(30-37)49(63)64-50(4,5)6/h9-11,14-18,25-28,32-33,37,42,52H,8,19-24,29-30H2,1-7H3,(H,51,60)(H,53,59,61)/t32-,42?/m1/s1. The maximum atomic E-state index is 13.8. The second-order valence-corrected chi connectivity index (χ2v) is 19.2. The molecule has 3 aromatic carbocycles. The molecule has 2 aromatic heterocycles. The molecule has 65 heavy (non-hydrogen) atoms. The predicted octanol–water partition coefficient (Wildman–Crippen LogP) is 7.38. The van der Waals surface area contributed by atoms with Crippen LogP contribution in [0.1, 0.15) is 99.4 Å². The van der Waals surface area contributed by atoms with Gasteiger partial charge in [-0.05, 0) is 126 Å². The van der Waals surface area contributed by atoms with Gasteiger partial charge in [-0.3, -0.25) is 28.8 Å². The molecular formula is C50H58N8O6S. The molecule has 3 N–H and O–H groups in total. The number of benzene rings is 3. The highest BCUT2D eigenvalue weighted by atomic mass is 32.1. The number of piperidine rings is 2. The van der Waals surface area contributed by atoms with Crippen LogP contribution >= 0.6 is 11.3 Å². The Hall–Kier alpha value is -6.37. The van der Waals surface area contributed by atoms with Crippen molar-refractivity contribution in [3.63, 3.8) is 0 Å². The molecule has 0 saturated carbocycles. The number of aromatic nitrogens is 2. The summed E-state index contributed by atoms with van der Waals surface area (Å²) in [4.78, 5) is 66.8. The fraction of sp³-hybridized carbons (Fsp3) is 0.420. The molecule has 5 heterocycles. The summed E-state index contributed by atoms with van der Waals surface area (Å²) in [6.07, 6.45) is 1.96. The largest absolute Gasteiger partial charge is 0.444 e. The predicted molar refractivity (Wildman–Crippen MR) is 255 cm³/mol. The van der Waals surface area contributed by atoms with E-state index in [9.17, 15) is 24.0 Å². The van der Waals surface area contributed by atoms with E-state index in [4.69, 9.17) is 4.74 Å². The summed E-state index contributed by atoms with van der Waals surface area (Å²) in [6.45, 7) is 15.1. The van der Waals surface area contributed by atoms with Gasteiger partial charge in [-0.1, -0.05) is 30.0 Å². The van der Waals surface area contributed by atoms with Crippen LogP contribution in [0.2, 0.25) is 0 Å². The van der Waals surface area contributed by atoms with Crippen LogP contribution in [0.4, 0.5) is 16.2 Å². The number of hydrazine groups is 1. The fourth-order valence-corrected chi connectivity index (χ4v) is 9.65. The van der Waals surface area contributed by atoms with E-state index in [0.717, 1.165) is 76.5 Å². The SMILES string of the molecule is CCN(c1ccc2c(c1)n(C)c(=O)n2C1CCC(=O)NC1=O)N1CCC(C#Cc2ccc([C@@H](C)NC(=O)c3cc(NC4CN(C(=O)OC(C)(C)C)C4)ccc3C)cc2-c2cccs2)CC1. The zero-order chi connectivity index (χ0) is 46.2. The third kappa shape index (κ3) is 9.84. The maximum absolute atomic E-state index is 13.8. The van der Waals surface area contributed by atoms with Gasteiger partial charge in [0.2, 0.25) is 11.8 Å². The van der Waals surface area contributed by atoms with Crippen molar-refractivity contribution in [3.8, 4) is 22.3 Å². The van der Waals surface area contributed by atoms with Crippen molar-refractivity contribution in [2.24, 2.45) is 13.0 Å². The van der Waals surface area contributed by atoms with E-state index in [0.29, 0.717) is 30.6 Å². The van der Waals surface area contributed by atoms with Crippen molar-refractivity contribution < 1.29 is 23.9 Å². The van der Waals surface area contributed by atoms with Crippen LogP contribution in [-0.4, -0.2) is 87.2 Å². The molecule has 1 unspecified atom stereocenters. The number of amides is 4. The maximum Gasteiger partial charge on any atom is 0.410 e. The Labute approximate surface area is 383 Å². The van der Waals surface area contributed by atoms with Gasteiger partial charge in [-0.25, -0.2) is 14.6 Å². The number of thiophene rings is 1. The molecule has 340 valence electrons. The Kier molecular flexibility index (Phi) is 12.9. The lowest BCUT2D eigenvalue weighted by molar-refractivity contribution is -0.135. The lowest BCUT2D eigenvalue weighted by Gasteiger charge is -2.40. The summed E-state index contributed by atoms with van der Waals surface area (Å²) >= 11 is 1.66. The Bertz CT molecular complexity index is 2740. The highest BCUT2D eigenvalue weighted by Crippen LogP contribution is 2.33. The average molecular weight is 899 g/mol. The molecule has 3 saturated heterocycles. The van der Waals surface area contributed by atoms with Crippen molar-refractivity contribution in [1.82, 2.24) is 29.7 Å². The molecule has 2 atom stereocenters. The topological polar surface area (TPSA) is 150 Å². The van der Waals surface area contributed by atoms with Gasteiger partial charge in [0, 0.05) is 79.4 Å². The fourth-order valence-electron chi connectivity index (χ4n) is 8.89. The molecule has 3 aliphatic heterocycles. The zero-order valence-electron chi connectivity index (χ0n) is 38.2. The van der Waals surface area contributed by atoms with Gasteiger partial charge in [-0.15, -0.1) is 11.3 Å². The van der Waals surface area contributed by atoms with Crippen LogP contribution in [0.25, 0.3) is 21.5 Å². The number of hydrogen-bond donors (Lipinski definition) is 3.